The predicted octanol–water partition coefficient (Wildman–Crippen LogP) is 3.71. The number of halogens is 1. The van der Waals surface area contributed by atoms with E-state index in [1.165, 1.54) is 17.7 Å². The number of amides is 1. The molecule has 0 spiro atoms. The fourth-order valence-electron chi connectivity index (χ4n) is 3.14. The van der Waals surface area contributed by atoms with Gasteiger partial charge >= 0.3 is 0 Å². The van der Waals surface area contributed by atoms with Crippen LogP contribution in [0.15, 0.2) is 48.5 Å². The molecule has 1 saturated heterocycles. The highest BCUT2D eigenvalue weighted by atomic mass is 19.1. The summed E-state index contributed by atoms with van der Waals surface area (Å²) in [5.74, 6) is 0.384. The lowest BCUT2D eigenvalue weighted by Gasteiger charge is -2.36. The van der Waals surface area contributed by atoms with Gasteiger partial charge in [0.15, 0.2) is 0 Å². The molecule has 4 nitrogen and oxygen atoms in total. The minimum Gasteiger partial charge on any atom is -0.376 e. The van der Waals surface area contributed by atoms with Crippen LogP contribution in [0.3, 0.4) is 0 Å². The van der Waals surface area contributed by atoms with Gasteiger partial charge in [-0.15, -0.1) is 0 Å². The quantitative estimate of drug-likeness (QED) is 0.888. The van der Waals surface area contributed by atoms with Crippen molar-refractivity contribution in [2.24, 2.45) is 0 Å². The SMILES string of the molecule is CC(C)c1ccc(NCC(=O)N2CCN(c3ccc(F)cc3)CC2)cc1. The van der Waals surface area contributed by atoms with E-state index in [2.05, 4.69) is 36.2 Å². The molecule has 0 unspecified atom stereocenters. The van der Waals surface area contributed by atoms with Gasteiger partial charge in [-0.3, -0.25) is 4.79 Å². The minimum atomic E-state index is -0.227. The molecule has 1 aliphatic rings. The Kier molecular flexibility index (Phi) is 5.76. The Labute approximate surface area is 154 Å². The van der Waals surface area contributed by atoms with Crippen molar-refractivity contribution < 1.29 is 9.18 Å². The van der Waals surface area contributed by atoms with Crippen LogP contribution in [0.2, 0.25) is 0 Å². The highest BCUT2D eigenvalue weighted by Crippen LogP contribution is 2.18. The molecule has 0 atom stereocenters. The molecule has 1 aliphatic heterocycles. The standard InChI is InChI=1S/C21H26FN3O/c1-16(2)17-3-7-19(8-4-17)23-15-21(26)25-13-11-24(12-14-25)20-9-5-18(22)6-10-20/h3-10,16,23H,11-15H2,1-2H3. The zero-order valence-corrected chi connectivity index (χ0v) is 15.4. The fraction of sp³-hybridized carbons (Fsp3) is 0.381. The molecule has 3 rings (SSSR count). The second-order valence-corrected chi connectivity index (χ2v) is 6.97. The van der Waals surface area contributed by atoms with Crippen LogP contribution < -0.4 is 10.2 Å². The molecule has 0 aliphatic carbocycles. The summed E-state index contributed by atoms with van der Waals surface area (Å²) < 4.78 is 13.0. The van der Waals surface area contributed by atoms with E-state index in [0.29, 0.717) is 25.6 Å². The number of hydrogen-bond donors (Lipinski definition) is 1. The lowest BCUT2D eigenvalue weighted by atomic mass is 10.0. The Morgan fingerprint density at radius 3 is 2.19 bits per heavy atom. The Hall–Kier alpha value is -2.56. The third kappa shape index (κ3) is 4.54. The molecular weight excluding hydrogens is 329 g/mol. The summed E-state index contributed by atoms with van der Waals surface area (Å²) in [6.07, 6.45) is 0. The highest BCUT2D eigenvalue weighted by Gasteiger charge is 2.21. The van der Waals surface area contributed by atoms with E-state index >= 15 is 0 Å². The van der Waals surface area contributed by atoms with Gasteiger partial charge < -0.3 is 15.1 Å². The molecule has 0 aromatic heterocycles. The molecule has 138 valence electrons. The van der Waals surface area contributed by atoms with Crippen molar-refractivity contribution in [1.82, 2.24) is 4.90 Å². The Bertz CT molecular complexity index is 720. The van der Waals surface area contributed by atoms with Crippen LogP contribution in [0.25, 0.3) is 0 Å². The monoisotopic (exact) mass is 355 g/mol. The lowest BCUT2D eigenvalue weighted by Crippen LogP contribution is -2.50. The molecule has 0 saturated carbocycles. The predicted molar refractivity (Wildman–Crippen MR) is 104 cm³/mol. The highest BCUT2D eigenvalue weighted by molar-refractivity contribution is 5.81. The third-order valence-electron chi connectivity index (χ3n) is 4.85. The number of carbonyl (C=O) groups excluding carboxylic acids is 1. The Morgan fingerprint density at radius 2 is 1.62 bits per heavy atom. The van der Waals surface area contributed by atoms with Crippen molar-refractivity contribution in [2.45, 2.75) is 19.8 Å². The molecule has 26 heavy (non-hydrogen) atoms. The van der Waals surface area contributed by atoms with Crippen molar-refractivity contribution in [3.8, 4) is 0 Å². The summed E-state index contributed by atoms with van der Waals surface area (Å²) in [6, 6.07) is 14.8. The van der Waals surface area contributed by atoms with E-state index in [9.17, 15) is 9.18 Å². The summed E-state index contributed by atoms with van der Waals surface area (Å²) in [6.45, 7) is 7.53. The summed E-state index contributed by atoms with van der Waals surface area (Å²) in [5, 5.41) is 3.21. The van der Waals surface area contributed by atoms with Crippen molar-refractivity contribution in [2.75, 3.05) is 42.9 Å². The molecule has 2 aromatic rings. The number of nitrogens with one attached hydrogen (secondary N) is 1. The molecule has 2 aromatic carbocycles. The van der Waals surface area contributed by atoms with Gasteiger partial charge in [-0.2, -0.15) is 0 Å². The maximum atomic E-state index is 13.0. The maximum Gasteiger partial charge on any atom is 0.241 e. The fourth-order valence-corrected chi connectivity index (χ4v) is 3.14. The lowest BCUT2D eigenvalue weighted by molar-refractivity contribution is -0.129. The summed E-state index contributed by atoms with van der Waals surface area (Å²) in [5.41, 5.74) is 3.26. The number of nitrogens with zero attached hydrogens (tertiary/aromatic N) is 2. The molecule has 1 heterocycles. The van der Waals surface area contributed by atoms with Gasteiger partial charge in [0.2, 0.25) is 5.91 Å². The van der Waals surface area contributed by atoms with E-state index in [4.69, 9.17) is 0 Å². The van der Waals surface area contributed by atoms with Gasteiger partial charge in [0.25, 0.3) is 0 Å². The molecule has 0 radical (unpaired) electrons. The van der Waals surface area contributed by atoms with Gasteiger partial charge in [-0.05, 0) is 47.9 Å². The number of anilines is 2. The first-order valence-electron chi connectivity index (χ1n) is 9.15. The zero-order valence-electron chi connectivity index (χ0n) is 15.4. The minimum absolute atomic E-state index is 0.108. The Morgan fingerprint density at radius 1 is 1.00 bits per heavy atom. The van der Waals surface area contributed by atoms with Crippen LogP contribution in [-0.2, 0) is 4.79 Å². The maximum absolute atomic E-state index is 13.0. The molecule has 1 N–H and O–H groups in total. The van der Waals surface area contributed by atoms with Crippen molar-refractivity contribution in [3.63, 3.8) is 0 Å². The van der Waals surface area contributed by atoms with Crippen LogP contribution >= 0.6 is 0 Å². The van der Waals surface area contributed by atoms with Crippen LogP contribution in [-0.4, -0.2) is 43.5 Å². The number of piperazine rings is 1. The topological polar surface area (TPSA) is 35.6 Å². The second kappa shape index (κ2) is 8.21. The van der Waals surface area contributed by atoms with Gasteiger partial charge in [0.05, 0.1) is 6.54 Å². The molecular formula is C21H26FN3O. The summed E-state index contributed by atoms with van der Waals surface area (Å²) in [4.78, 5) is 16.5. The number of benzene rings is 2. The van der Waals surface area contributed by atoms with E-state index in [-0.39, 0.29) is 11.7 Å². The third-order valence-corrected chi connectivity index (χ3v) is 4.85. The largest absolute Gasteiger partial charge is 0.376 e. The van der Waals surface area contributed by atoms with Crippen LogP contribution in [0.5, 0.6) is 0 Å². The van der Waals surface area contributed by atoms with Crippen LogP contribution in [0, 0.1) is 5.82 Å². The number of rotatable bonds is 5. The average Bonchev–Trinajstić information content (AvgIpc) is 2.67. The smallest absolute Gasteiger partial charge is 0.241 e. The average molecular weight is 355 g/mol. The summed E-state index contributed by atoms with van der Waals surface area (Å²) >= 11 is 0. The number of carbonyl (C=O) groups is 1. The first-order valence-corrected chi connectivity index (χ1v) is 9.15. The normalized spacial score (nSPS) is 14.6. The van der Waals surface area contributed by atoms with Crippen LogP contribution in [0.1, 0.15) is 25.3 Å². The Balaban J connectivity index is 1.47. The molecule has 1 amide bonds. The van der Waals surface area contributed by atoms with Crippen molar-refractivity contribution >= 4 is 17.3 Å². The number of hydrogen-bond acceptors (Lipinski definition) is 3. The van der Waals surface area contributed by atoms with Gasteiger partial charge in [-0.25, -0.2) is 4.39 Å². The second-order valence-electron chi connectivity index (χ2n) is 6.97. The van der Waals surface area contributed by atoms with Crippen molar-refractivity contribution in [1.29, 1.82) is 0 Å². The van der Waals surface area contributed by atoms with Gasteiger partial charge in [0, 0.05) is 37.6 Å². The zero-order chi connectivity index (χ0) is 18.5. The van der Waals surface area contributed by atoms with E-state index < -0.39 is 0 Å². The first-order chi connectivity index (χ1) is 12.5. The molecule has 0 bridgehead atoms. The van der Waals surface area contributed by atoms with Crippen molar-refractivity contribution in [3.05, 3.63) is 59.9 Å². The first kappa shape index (κ1) is 18.2. The van der Waals surface area contributed by atoms with Gasteiger partial charge in [0.1, 0.15) is 5.82 Å². The van der Waals surface area contributed by atoms with E-state index in [1.807, 2.05) is 17.0 Å². The molecule has 5 heteroatoms. The summed E-state index contributed by atoms with van der Waals surface area (Å²) in [7, 11) is 0. The van der Waals surface area contributed by atoms with E-state index in [0.717, 1.165) is 24.5 Å². The molecule has 1 fully saturated rings. The van der Waals surface area contributed by atoms with E-state index in [1.54, 1.807) is 12.1 Å². The van der Waals surface area contributed by atoms with Gasteiger partial charge in [-0.1, -0.05) is 26.0 Å². The van der Waals surface area contributed by atoms with Crippen LogP contribution in [0.4, 0.5) is 15.8 Å².